The number of carbonyl (C=O) groups excluding carboxylic acids is 1. The van der Waals surface area contributed by atoms with Gasteiger partial charge in [-0.15, -0.1) is 0 Å². The number of pyridine rings is 1. The molecule has 0 spiro atoms. The van der Waals surface area contributed by atoms with Gasteiger partial charge in [0.25, 0.3) is 0 Å². The molecule has 0 saturated carbocycles. The normalized spacial score (nSPS) is 14.2. The summed E-state index contributed by atoms with van der Waals surface area (Å²) in [5.74, 6) is 2.11. The van der Waals surface area contributed by atoms with E-state index < -0.39 is 0 Å². The number of fused-ring (bicyclic) bond motifs is 3. The summed E-state index contributed by atoms with van der Waals surface area (Å²) in [5, 5.41) is 0.956. The first-order valence-corrected chi connectivity index (χ1v) is 9.62. The highest BCUT2D eigenvalue weighted by molar-refractivity contribution is 6.07. The number of imidazole rings is 1. The summed E-state index contributed by atoms with van der Waals surface area (Å²) in [5.41, 5.74) is 10.6. The predicted molar refractivity (Wildman–Crippen MR) is 112 cm³/mol. The second-order valence-electron chi connectivity index (χ2n) is 7.28. The Kier molecular flexibility index (Phi) is 4.08. The second kappa shape index (κ2) is 6.77. The summed E-state index contributed by atoms with van der Waals surface area (Å²) in [6.07, 6.45) is 1.51. The van der Waals surface area contributed by atoms with Crippen LogP contribution in [0.15, 0.2) is 42.5 Å². The maximum Gasteiger partial charge on any atom is 0.223 e. The standard InChI is InChI=1S/C22H21N5O2/c1-29-15-7-4-13(5-8-15)14-6-9-16-17(11-14)24-22(23)21-20(16)25-18(26-21)12-27-10-2-3-19(27)28/h4-9,11H,2-3,10,12H2,1H3,(H2,23,24)(H,25,26). The summed E-state index contributed by atoms with van der Waals surface area (Å²) in [7, 11) is 1.65. The van der Waals surface area contributed by atoms with Gasteiger partial charge in [0.05, 0.1) is 24.7 Å². The van der Waals surface area contributed by atoms with Crippen molar-refractivity contribution in [1.82, 2.24) is 19.9 Å². The van der Waals surface area contributed by atoms with Crippen molar-refractivity contribution in [2.75, 3.05) is 19.4 Å². The lowest BCUT2D eigenvalue weighted by Gasteiger charge is -2.12. The summed E-state index contributed by atoms with van der Waals surface area (Å²) in [6, 6.07) is 14.0. The number of likely N-dealkylation sites (tertiary alicyclic amines) is 1. The average Bonchev–Trinajstić information content (AvgIpc) is 3.35. The molecular weight excluding hydrogens is 366 g/mol. The third-order valence-electron chi connectivity index (χ3n) is 5.44. The molecule has 0 bridgehead atoms. The highest BCUT2D eigenvalue weighted by atomic mass is 16.5. The van der Waals surface area contributed by atoms with Crippen molar-refractivity contribution < 1.29 is 9.53 Å². The molecule has 1 fully saturated rings. The summed E-state index contributed by atoms with van der Waals surface area (Å²) in [4.78, 5) is 26.3. The molecule has 1 aliphatic rings. The van der Waals surface area contributed by atoms with Crippen LogP contribution in [-0.4, -0.2) is 39.4 Å². The highest BCUT2D eigenvalue weighted by Gasteiger charge is 2.22. The van der Waals surface area contributed by atoms with E-state index in [2.05, 4.69) is 21.0 Å². The average molecular weight is 387 g/mol. The summed E-state index contributed by atoms with van der Waals surface area (Å²) >= 11 is 0. The number of carbonyl (C=O) groups is 1. The molecule has 29 heavy (non-hydrogen) atoms. The Balaban J connectivity index is 1.56. The maximum atomic E-state index is 11.9. The Hall–Kier alpha value is -3.61. The van der Waals surface area contributed by atoms with Crippen LogP contribution in [0.4, 0.5) is 5.82 Å². The van der Waals surface area contributed by atoms with Crippen molar-refractivity contribution in [3.63, 3.8) is 0 Å². The number of methoxy groups -OCH3 is 1. The predicted octanol–water partition coefficient (Wildman–Crippen LogP) is 3.49. The number of nitrogens with one attached hydrogen (secondary N) is 1. The minimum absolute atomic E-state index is 0.172. The summed E-state index contributed by atoms with van der Waals surface area (Å²) < 4.78 is 5.23. The number of hydrogen-bond acceptors (Lipinski definition) is 5. The number of ether oxygens (including phenoxy) is 1. The Morgan fingerprint density at radius 1 is 1.14 bits per heavy atom. The van der Waals surface area contributed by atoms with Gasteiger partial charge in [-0.25, -0.2) is 9.97 Å². The lowest BCUT2D eigenvalue weighted by atomic mass is 10.0. The first-order chi connectivity index (χ1) is 14.1. The van der Waals surface area contributed by atoms with Crippen LogP contribution in [0.3, 0.4) is 0 Å². The van der Waals surface area contributed by atoms with Crippen molar-refractivity contribution in [2.45, 2.75) is 19.4 Å². The molecule has 0 unspecified atom stereocenters. The van der Waals surface area contributed by atoms with Gasteiger partial charge < -0.3 is 20.4 Å². The molecule has 2 aromatic carbocycles. The van der Waals surface area contributed by atoms with Crippen LogP contribution in [0, 0.1) is 0 Å². The lowest BCUT2D eigenvalue weighted by molar-refractivity contribution is -0.128. The fourth-order valence-corrected chi connectivity index (χ4v) is 3.91. The molecular formula is C22H21N5O2. The van der Waals surface area contributed by atoms with Crippen LogP contribution in [0.2, 0.25) is 0 Å². The van der Waals surface area contributed by atoms with Crippen LogP contribution in [-0.2, 0) is 11.3 Å². The first-order valence-electron chi connectivity index (χ1n) is 9.62. The quantitative estimate of drug-likeness (QED) is 0.559. The van der Waals surface area contributed by atoms with E-state index in [0.29, 0.717) is 24.3 Å². The fourth-order valence-electron chi connectivity index (χ4n) is 3.91. The van der Waals surface area contributed by atoms with E-state index in [4.69, 9.17) is 10.5 Å². The first kappa shape index (κ1) is 17.5. The van der Waals surface area contributed by atoms with E-state index in [-0.39, 0.29) is 5.91 Å². The molecule has 1 saturated heterocycles. The minimum atomic E-state index is 0.172. The van der Waals surface area contributed by atoms with Gasteiger partial charge in [0, 0.05) is 18.4 Å². The molecule has 7 heteroatoms. The van der Waals surface area contributed by atoms with Crippen molar-refractivity contribution in [1.29, 1.82) is 0 Å². The van der Waals surface area contributed by atoms with Crippen LogP contribution in [0.1, 0.15) is 18.7 Å². The molecule has 1 aliphatic heterocycles. The molecule has 0 atom stereocenters. The number of H-pyrrole nitrogens is 1. The number of benzene rings is 2. The van der Waals surface area contributed by atoms with Crippen molar-refractivity contribution in [3.05, 3.63) is 48.3 Å². The third-order valence-corrected chi connectivity index (χ3v) is 5.44. The van der Waals surface area contributed by atoms with Crippen molar-refractivity contribution >= 4 is 33.7 Å². The topological polar surface area (TPSA) is 97.1 Å². The molecule has 3 N–H and O–H groups in total. The number of nitrogen functional groups attached to an aromatic ring is 1. The van der Waals surface area contributed by atoms with E-state index in [1.54, 1.807) is 7.11 Å². The van der Waals surface area contributed by atoms with E-state index in [1.807, 2.05) is 41.3 Å². The van der Waals surface area contributed by atoms with Gasteiger partial charge in [0.1, 0.15) is 17.1 Å². The third kappa shape index (κ3) is 3.04. The molecule has 0 aliphatic carbocycles. The number of nitrogens with two attached hydrogens (primary N) is 1. The van der Waals surface area contributed by atoms with Crippen LogP contribution in [0.25, 0.3) is 33.1 Å². The van der Waals surface area contributed by atoms with Gasteiger partial charge in [-0.05, 0) is 35.7 Å². The Morgan fingerprint density at radius 2 is 1.93 bits per heavy atom. The molecule has 5 rings (SSSR count). The largest absolute Gasteiger partial charge is 0.497 e. The molecule has 7 nitrogen and oxygen atoms in total. The van der Waals surface area contributed by atoms with Gasteiger partial charge in [0.2, 0.25) is 5.91 Å². The number of anilines is 1. The monoisotopic (exact) mass is 387 g/mol. The number of hydrogen-bond donors (Lipinski definition) is 2. The van der Waals surface area contributed by atoms with E-state index in [9.17, 15) is 4.79 Å². The van der Waals surface area contributed by atoms with Crippen LogP contribution >= 0.6 is 0 Å². The molecule has 3 heterocycles. The Labute approximate surface area is 167 Å². The second-order valence-corrected chi connectivity index (χ2v) is 7.28. The van der Waals surface area contributed by atoms with Gasteiger partial charge in [-0.3, -0.25) is 4.79 Å². The molecule has 2 aromatic heterocycles. The number of nitrogens with zero attached hydrogens (tertiary/aromatic N) is 3. The zero-order chi connectivity index (χ0) is 20.0. The minimum Gasteiger partial charge on any atom is -0.497 e. The number of aromatic nitrogens is 3. The zero-order valence-electron chi connectivity index (χ0n) is 16.1. The van der Waals surface area contributed by atoms with Crippen LogP contribution < -0.4 is 10.5 Å². The smallest absolute Gasteiger partial charge is 0.223 e. The van der Waals surface area contributed by atoms with E-state index in [0.717, 1.165) is 52.1 Å². The number of aromatic amines is 1. The maximum absolute atomic E-state index is 11.9. The Morgan fingerprint density at radius 3 is 2.66 bits per heavy atom. The van der Waals surface area contributed by atoms with Gasteiger partial charge >= 0.3 is 0 Å². The number of rotatable bonds is 4. The molecule has 146 valence electrons. The molecule has 1 amide bonds. The molecule has 0 radical (unpaired) electrons. The Bertz CT molecular complexity index is 1230. The van der Waals surface area contributed by atoms with Crippen molar-refractivity contribution in [2.24, 2.45) is 0 Å². The molecule has 4 aromatic rings. The highest BCUT2D eigenvalue weighted by Crippen LogP contribution is 2.31. The fraction of sp³-hybridized carbons (Fsp3) is 0.227. The van der Waals surface area contributed by atoms with Crippen molar-refractivity contribution in [3.8, 4) is 16.9 Å². The number of amides is 1. The van der Waals surface area contributed by atoms with E-state index in [1.165, 1.54) is 0 Å². The lowest BCUT2D eigenvalue weighted by Crippen LogP contribution is -2.24. The van der Waals surface area contributed by atoms with Gasteiger partial charge in [0.15, 0.2) is 5.82 Å². The van der Waals surface area contributed by atoms with Crippen LogP contribution in [0.5, 0.6) is 5.75 Å². The van der Waals surface area contributed by atoms with Gasteiger partial charge in [-0.2, -0.15) is 0 Å². The summed E-state index contributed by atoms with van der Waals surface area (Å²) in [6.45, 7) is 1.24. The zero-order valence-corrected chi connectivity index (χ0v) is 16.1. The van der Waals surface area contributed by atoms with E-state index >= 15 is 0 Å². The van der Waals surface area contributed by atoms with Gasteiger partial charge in [-0.1, -0.05) is 24.3 Å². The SMILES string of the molecule is COc1ccc(-c2ccc3c(c2)nc(N)c2nc(CN4CCCC4=O)[nH]c23)cc1.